The van der Waals surface area contributed by atoms with E-state index in [1.807, 2.05) is 0 Å². The van der Waals surface area contributed by atoms with Crippen molar-refractivity contribution in [1.29, 1.82) is 0 Å². The number of carbonyl (C=O) groups excluding carboxylic acids is 2. The Kier molecular flexibility index (Phi) is 6.95. The average Bonchev–Trinajstić information content (AvgIpc) is 3.23. The number of aliphatic imine (C=N–C) groups is 1. The zero-order chi connectivity index (χ0) is 21.3. The largest absolute Gasteiger partial charge is 0.337 e. The van der Waals surface area contributed by atoms with Gasteiger partial charge >= 0.3 is 11.9 Å². The molecule has 3 rings (SSSR count). The Labute approximate surface area is 187 Å². The summed E-state index contributed by atoms with van der Waals surface area (Å²) in [6, 6.07) is 4.84. The van der Waals surface area contributed by atoms with Crippen LogP contribution in [0.25, 0.3) is 0 Å². The third kappa shape index (κ3) is 4.80. The molecule has 2 unspecified atom stereocenters. The molecule has 1 N–H and O–H groups in total. The number of hydrogen-bond acceptors (Lipinski definition) is 4. The number of likely N-dealkylation sites (N-methyl/N-ethyl adjacent to an activating group) is 1. The first-order valence-corrected chi connectivity index (χ1v) is 10.6. The minimum Gasteiger partial charge on any atom is -0.292 e. The lowest BCUT2D eigenvalue weighted by molar-refractivity contribution is -0.111. The predicted octanol–water partition coefficient (Wildman–Crippen LogP) is 4.46. The van der Waals surface area contributed by atoms with Crippen LogP contribution in [0, 0.1) is 5.82 Å². The van der Waals surface area contributed by atoms with Crippen LogP contribution in [0.3, 0.4) is 0 Å². The molecule has 2 fully saturated rings. The second-order valence-electron chi connectivity index (χ2n) is 6.92. The van der Waals surface area contributed by atoms with Gasteiger partial charge in [0.1, 0.15) is 17.4 Å². The molecule has 0 spiro atoms. The van der Waals surface area contributed by atoms with Crippen LogP contribution in [0.1, 0.15) is 25.7 Å². The van der Waals surface area contributed by atoms with Gasteiger partial charge in [0.25, 0.3) is 0 Å². The van der Waals surface area contributed by atoms with Gasteiger partial charge in [-0.05, 0) is 25.0 Å². The van der Waals surface area contributed by atoms with Crippen molar-refractivity contribution in [3.63, 3.8) is 0 Å². The van der Waals surface area contributed by atoms with E-state index < -0.39 is 33.1 Å². The van der Waals surface area contributed by atoms with Crippen LogP contribution in [0.4, 0.5) is 14.9 Å². The van der Waals surface area contributed by atoms with E-state index in [1.54, 1.807) is 0 Å². The van der Waals surface area contributed by atoms with Gasteiger partial charge in [0, 0.05) is 13.1 Å². The van der Waals surface area contributed by atoms with E-state index in [-0.39, 0.29) is 17.6 Å². The Bertz CT molecular complexity index is 826. The highest BCUT2D eigenvalue weighted by atomic mass is 35.6. The Balaban J connectivity index is 1.94. The van der Waals surface area contributed by atoms with E-state index in [2.05, 4.69) is 10.3 Å². The van der Waals surface area contributed by atoms with E-state index >= 15 is 0 Å². The van der Waals surface area contributed by atoms with Gasteiger partial charge in [0.2, 0.25) is 9.63 Å². The van der Waals surface area contributed by atoms with Gasteiger partial charge in [-0.1, -0.05) is 59.8 Å². The molecule has 3 amide bonds. The monoisotopic (exact) mass is 482 g/mol. The van der Waals surface area contributed by atoms with Crippen molar-refractivity contribution < 1.29 is 14.0 Å². The zero-order valence-electron chi connectivity index (χ0n) is 15.4. The van der Waals surface area contributed by atoms with Crippen LogP contribution < -0.4 is 10.2 Å². The molecular formula is C18H19Cl4FN4O2. The second kappa shape index (κ2) is 8.94. The lowest BCUT2D eigenvalue weighted by Gasteiger charge is -2.28. The fourth-order valence-electron chi connectivity index (χ4n) is 3.39. The number of hydrogen-bond donors (Lipinski definition) is 1. The number of para-hydroxylation sites is 1. The first-order chi connectivity index (χ1) is 13.6. The zero-order valence-corrected chi connectivity index (χ0v) is 18.4. The number of benzene rings is 1. The van der Waals surface area contributed by atoms with E-state index in [1.165, 1.54) is 25.2 Å². The SMILES string of the molecule is CN1C(=O)N(c2ccccc2F)C(=O)/C1=N\C(NC1CCCC1)C(Cl)C(Cl)(Cl)Cl. The van der Waals surface area contributed by atoms with Crippen molar-refractivity contribution in [2.75, 3.05) is 11.9 Å². The van der Waals surface area contributed by atoms with E-state index in [0.717, 1.165) is 41.5 Å². The molecule has 1 aliphatic carbocycles. The number of amides is 3. The molecule has 0 bridgehead atoms. The van der Waals surface area contributed by atoms with Gasteiger partial charge in [0.15, 0.2) is 0 Å². The minimum absolute atomic E-state index is 0.0955. The highest BCUT2D eigenvalue weighted by Crippen LogP contribution is 2.37. The molecule has 1 aliphatic heterocycles. The highest BCUT2D eigenvalue weighted by molar-refractivity contribution is 6.70. The van der Waals surface area contributed by atoms with E-state index in [9.17, 15) is 14.0 Å². The fourth-order valence-corrected chi connectivity index (χ4v) is 3.88. The Morgan fingerprint density at radius 3 is 2.41 bits per heavy atom. The van der Waals surface area contributed by atoms with Crippen LogP contribution in [-0.2, 0) is 4.79 Å². The molecule has 0 radical (unpaired) electrons. The third-order valence-electron chi connectivity index (χ3n) is 4.90. The van der Waals surface area contributed by atoms with Gasteiger partial charge in [-0.2, -0.15) is 0 Å². The first kappa shape index (κ1) is 22.6. The number of anilines is 1. The summed E-state index contributed by atoms with van der Waals surface area (Å²) in [7, 11) is 1.37. The van der Waals surface area contributed by atoms with Gasteiger partial charge < -0.3 is 0 Å². The van der Waals surface area contributed by atoms with Crippen molar-refractivity contribution in [1.82, 2.24) is 10.2 Å². The molecule has 1 saturated carbocycles. The van der Waals surface area contributed by atoms with Crippen molar-refractivity contribution in [3.05, 3.63) is 30.1 Å². The molecule has 29 heavy (non-hydrogen) atoms. The average molecular weight is 484 g/mol. The molecule has 6 nitrogen and oxygen atoms in total. The van der Waals surface area contributed by atoms with Gasteiger partial charge in [-0.25, -0.2) is 19.1 Å². The lowest BCUT2D eigenvalue weighted by Crippen LogP contribution is -2.47. The van der Waals surface area contributed by atoms with Gasteiger partial charge in [-0.3, -0.25) is 15.0 Å². The van der Waals surface area contributed by atoms with Crippen molar-refractivity contribution in [3.8, 4) is 0 Å². The third-order valence-corrected chi connectivity index (χ3v) is 6.50. The summed E-state index contributed by atoms with van der Waals surface area (Å²) in [6.07, 6.45) is 2.94. The minimum atomic E-state index is -1.86. The standard InChI is InChI=1S/C18H19Cl4FN4O2/c1-26-15(16(28)27(17(26)29)12-9-5-4-8-11(12)23)25-14(13(19)18(20,21)22)24-10-6-2-3-7-10/h4-5,8-10,13-14,24H,2-3,6-7H2,1H3/b25-15+. The predicted molar refractivity (Wildman–Crippen MR) is 114 cm³/mol. The summed E-state index contributed by atoms with van der Waals surface area (Å²) >= 11 is 24.2. The summed E-state index contributed by atoms with van der Waals surface area (Å²) < 4.78 is 12.3. The smallest absolute Gasteiger partial charge is 0.292 e. The summed E-state index contributed by atoms with van der Waals surface area (Å²) in [5.74, 6) is -1.70. The molecule has 11 heteroatoms. The maximum atomic E-state index is 14.2. The summed E-state index contributed by atoms with van der Waals surface area (Å²) in [5, 5.41) is 2.10. The molecule has 158 valence electrons. The van der Waals surface area contributed by atoms with Crippen LogP contribution in [-0.4, -0.2) is 51.1 Å². The number of nitrogens with one attached hydrogen (secondary N) is 1. The molecular weight excluding hydrogens is 465 g/mol. The number of halogens is 5. The number of urea groups is 1. The number of amidine groups is 1. The number of imide groups is 1. The molecule has 2 atom stereocenters. The lowest BCUT2D eigenvalue weighted by atomic mass is 10.2. The van der Waals surface area contributed by atoms with Crippen LogP contribution >= 0.6 is 46.4 Å². The van der Waals surface area contributed by atoms with Crippen molar-refractivity contribution >= 4 is 69.9 Å². The van der Waals surface area contributed by atoms with Crippen molar-refractivity contribution in [2.24, 2.45) is 4.99 Å². The molecule has 1 aromatic carbocycles. The topological polar surface area (TPSA) is 65.0 Å². The summed E-state index contributed by atoms with van der Waals surface area (Å²) in [5.41, 5.74) is -0.163. The normalized spacial score (nSPS) is 22.1. The first-order valence-electron chi connectivity index (χ1n) is 9.02. The van der Waals surface area contributed by atoms with E-state index in [0.29, 0.717) is 0 Å². The Morgan fingerprint density at radius 1 is 1.21 bits per heavy atom. The van der Waals surface area contributed by atoms with Crippen molar-refractivity contribution in [2.45, 2.75) is 47.1 Å². The second-order valence-corrected chi connectivity index (χ2v) is 9.76. The van der Waals surface area contributed by atoms with E-state index in [4.69, 9.17) is 46.4 Å². The van der Waals surface area contributed by atoms with Crippen LogP contribution in [0.5, 0.6) is 0 Å². The Morgan fingerprint density at radius 2 is 1.83 bits per heavy atom. The van der Waals surface area contributed by atoms with Crippen LogP contribution in [0.2, 0.25) is 0 Å². The number of rotatable bonds is 5. The quantitative estimate of drug-likeness (QED) is 0.496. The van der Waals surface area contributed by atoms with Gasteiger partial charge in [-0.15, -0.1) is 11.6 Å². The van der Waals surface area contributed by atoms with Crippen LogP contribution in [0.15, 0.2) is 29.3 Å². The summed E-state index contributed by atoms with van der Waals surface area (Å²) in [6.45, 7) is 0. The highest BCUT2D eigenvalue weighted by Gasteiger charge is 2.45. The van der Waals surface area contributed by atoms with Gasteiger partial charge in [0.05, 0.1) is 5.69 Å². The number of carbonyl (C=O) groups is 2. The number of nitrogens with zero attached hydrogens (tertiary/aromatic N) is 3. The maximum Gasteiger partial charge on any atom is 0.337 e. The molecule has 1 heterocycles. The molecule has 2 aliphatic rings. The fraction of sp³-hybridized carbons (Fsp3) is 0.500. The molecule has 0 aromatic heterocycles. The maximum absolute atomic E-state index is 14.2. The molecule has 1 saturated heterocycles. The molecule has 1 aromatic rings. The summed E-state index contributed by atoms with van der Waals surface area (Å²) in [4.78, 5) is 31.6. The Hall–Kier alpha value is -1.12. The number of alkyl halides is 4.